The number of fused-ring (bicyclic) bond motifs is 1. The third kappa shape index (κ3) is 4.55. The summed E-state index contributed by atoms with van der Waals surface area (Å²) < 4.78 is 0. The number of rotatable bonds is 8. The number of nitrogens with zero attached hydrogens (tertiary/aromatic N) is 1. The molecule has 0 aliphatic rings. The van der Waals surface area contributed by atoms with Gasteiger partial charge in [-0.3, -0.25) is 0 Å². The fourth-order valence-electron chi connectivity index (χ4n) is 1.99. The second-order valence-electron chi connectivity index (χ2n) is 4.87. The SMILES string of the molecule is CCCNCCCCSc1nc2ccc(C)cc2[nH]1. The molecule has 1 heterocycles. The Morgan fingerprint density at radius 1 is 1.26 bits per heavy atom. The Kier molecular flexibility index (Phi) is 5.73. The number of hydrogen-bond donors (Lipinski definition) is 2. The summed E-state index contributed by atoms with van der Waals surface area (Å²) in [6.45, 7) is 6.58. The lowest BCUT2D eigenvalue weighted by Gasteiger charge is -2.01. The lowest BCUT2D eigenvalue weighted by Crippen LogP contribution is -2.15. The molecule has 0 unspecified atom stereocenters. The smallest absolute Gasteiger partial charge is 0.166 e. The average Bonchev–Trinajstić information content (AvgIpc) is 2.79. The molecule has 0 spiro atoms. The first kappa shape index (κ1) is 14.4. The quantitative estimate of drug-likeness (QED) is 0.570. The molecule has 0 atom stereocenters. The number of hydrogen-bond acceptors (Lipinski definition) is 3. The van der Waals surface area contributed by atoms with E-state index in [4.69, 9.17) is 0 Å². The second kappa shape index (κ2) is 7.56. The minimum Gasteiger partial charge on any atom is -0.333 e. The van der Waals surface area contributed by atoms with Gasteiger partial charge in [0.25, 0.3) is 0 Å². The number of H-pyrrole nitrogens is 1. The molecular weight excluding hydrogens is 254 g/mol. The number of nitrogens with one attached hydrogen (secondary N) is 2. The van der Waals surface area contributed by atoms with E-state index in [1.807, 2.05) is 11.8 Å². The molecule has 19 heavy (non-hydrogen) atoms. The fraction of sp³-hybridized carbons (Fsp3) is 0.533. The Bertz CT molecular complexity index is 507. The van der Waals surface area contributed by atoms with Crippen molar-refractivity contribution in [1.29, 1.82) is 0 Å². The number of aromatic nitrogens is 2. The lowest BCUT2D eigenvalue weighted by atomic mass is 10.2. The first-order valence-corrected chi connectivity index (χ1v) is 8.08. The number of benzene rings is 1. The second-order valence-corrected chi connectivity index (χ2v) is 5.95. The van der Waals surface area contributed by atoms with E-state index >= 15 is 0 Å². The van der Waals surface area contributed by atoms with Gasteiger partial charge in [-0.1, -0.05) is 24.8 Å². The van der Waals surface area contributed by atoms with Crippen molar-refractivity contribution in [2.75, 3.05) is 18.8 Å². The first-order valence-electron chi connectivity index (χ1n) is 7.09. The molecule has 104 valence electrons. The Hall–Kier alpha value is -1.00. The van der Waals surface area contributed by atoms with Crippen LogP contribution in [0.1, 0.15) is 31.7 Å². The molecule has 0 saturated carbocycles. The lowest BCUT2D eigenvalue weighted by molar-refractivity contribution is 0.635. The number of imidazole rings is 1. The van der Waals surface area contributed by atoms with Crippen LogP contribution in [0.5, 0.6) is 0 Å². The van der Waals surface area contributed by atoms with Gasteiger partial charge in [0.05, 0.1) is 11.0 Å². The molecular formula is C15H23N3S. The van der Waals surface area contributed by atoms with E-state index in [-0.39, 0.29) is 0 Å². The normalized spacial score (nSPS) is 11.3. The third-order valence-corrected chi connectivity index (χ3v) is 3.99. The molecule has 0 amide bonds. The molecule has 0 fully saturated rings. The topological polar surface area (TPSA) is 40.7 Å². The van der Waals surface area contributed by atoms with Crippen molar-refractivity contribution in [3.05, 3.63) is 23.8 Å². The highest BCUT2D eigenvalue weighted by Crippen LogP contribution is 2.21. The number of unbranched alkanes of at least 4 members (excludes halogenated alkanes) is 1. The fourth-order valence-corrected chi connectivity index (χ4v) is 2.88. The standard InChI is InChI=1S/C15H23N3S/c1-3-8-16-9-4-5-10-19-15-17-13-7-6-12(2)11-14(13)18-15/h6-7,11,16H,3-5,8-10H2,1-2H3,(H,17,18). The summed E-state index contributed by atoms with van der Waals surface area (Å²) >= 11 is 1.82. The van der Waals surface area contributed by atoms with Crippen molar-refractivity contribution in [3.63, 3.8) is 0 Å². The molecule has 0 aliphatic heterocycles. The van der Waals surface area contributed by atoms with Crippen LogP contribution in [-0.4, -0.2) is 28.8 Å². The maximum atomic E-state index is 4.59. The van der Waals surface area contributed by atoms with Crippen LogP contribution in [0.2, 0.25) is 0 Å². The highest BCUT2D eigenvalue weighted by molar-refractivity contribution is 7.99. The first-order chi connectivity index (χ1) is 9.29. The van der Waals surface area contributed by atoms with Crippen molar-refractivity contribution in [3.8, 4) is 0 Å². The van der Waals surface area contributed by atoms with Crippen LogP contribution in [0, 0.1) is 6.92 Å². The van der Waals surface area contributed by atoms with E-state index in [1.54, 1.807) is 0 Å². The predicted octanol–water partition coefficient (Wildman–Crippen LogP) is 3.74. The van der Waals surface area contributed by atoms with Crippen LogP contribution in [0.25, 0.3) is 11.0 Å². The van der Waals surface area contributed by atoms with Crippen LogP contribution < -0.4 is 5.32 Å². The summed E-state index contributed by atoms with van der Waals surface area (Å²) in [6.07, 6.45) is 3.69. The van der Waals surface area contributed by atoms with Gasteiger partial charge < -0.3 is 10.3 Å². The number of thioether (sulfide) groups is 1. The van der Waals surface area contributed by atoms with Crippen molar-refractivity contribution >= 4 is 22.8 Å². The molecule has 2 aromatic rings. The maximum Gasteiger partial charge on any atom is 0.166 e. The molecule has 4 heteroatoms. The molecule has 0 radical (unpaired) electrons. The monoisotopic (exact) mass is 277 g/mol. The third-order valence-electron chi connectivity index (χ3n) is 3.03. The molecule has 2 N–H and O–H groups in total. The van der Waals surface area contributed by atoms with Crippen LogP contribution in [0.3, 0.4) is 0 Å². The molecule has 1 aromatic carbocycles. The summed E-state index contributed by atoms with van der Waals surface area (Å²) in [5.74, 6) is 1.13. The van der Waals surface area contributed by atoms with Gasteiger partial charge in [0.2, 0.25) is 0 Å². The van der Waals surface area contributed by atoms with Gasteiger partial charge in [-0.25, -0.2) is 4.98 Å². The minimum atomic E-state index is 1.04. The van der Waals surface area contributed by atoms with Gasteiger partial charge in [-0.2, -0.15) is 0 Å². The zero-order valence-corrected chi connectivity index (χ0v) is 12.6. The zero-order chi connectivity index (χ0) is 13.5. The van der Waals surface area contributed by atoms with E-state index in [0.717, 1.165) is 35.0 Å². The van der Waals surface area contributed by atoms with Gasteiger partial charge >= 0.3 is 0 Å². The number of aromatic amines is 1. The summed E-state index contributed by atoms with van der Waals surface area (Å²) in [6, 6.07) is 6.35. The zero-order valence-electron chi connectivity index (χ0n) is 11.8. The highest BCUT2D eigenvalue weighted by atomic mass is 32.2. The molecule has 0 aliphatic carbocycles. The average molecular weight is 277 g/mol. The molecule has 1 aromatic heterocycles. The summed E-state index contributed by atoms with van der Waals surface area (Å²) in [5.41, 5.74) is 3.49. The minimum absolute atomic E-state index is 1.04. The Morgan fingerprint density at radius 3 is 3.00 bits per heavy atom. The maximum absolute atomic E-state index is 4.59. The largest absolute Gasteiger partial charge is 0.333 e. The Morgan fingerprint density at radius 2 is 2.16 bits per heavy atom. The van der Waals surface area contributed by atoms with Crippen molar-refractivity contribution in [2.45, 2.75) is 38.3 Å². The van der Waals surface area contributed by atoms with Crippen molar-refractivity contribution < 1.29 is 0 Å². The van der Waals surface area contributed by atoms with Crippen molar-refractivity contribution in [2.24, 2.45) is 0 Å². The summed E-state index contributed by atoms with van der Waals surface area (Å²) in [7, 11) is 0. The van der Waals surface area contributed by atoms with Crippen molar-refractivity contribution in [1.82, 2.24) is 15.3 Å². The van der Waals surface area contributed by atoms with E-state index in [0.29, 0.717) is 0 Å². The van der Waals surface area contributed by atoms with E-state index in [2.05, 4.69) is 47.3 Å². The number of aryl methyl sites for hydroxylation is 1. The molecule has 0 bridgehead atoms. The van der Waals surface area contributed by atoms with Crippen LogP contribution in [0.4, 0.5) is 0 Å². The predicted molar refractivity (Wildman–Crippen MR) is 83.9 cm³/mol. The Labute approximate surface area is 119 Å². The summed E-state index contributed by atoms with van der Waals surface area (Å²) in [4.78, 5) is 7.98. The van der Waals surface area contributed by atoms with E-state index in [9.17, 15) is 0 Å². The van der Waals surface area contributed by atoms with Gasteiger partial charge in [0, 0.05) is 5.75 Å². The van der Waals surface area contributed by atoms with E-state index < -0.39 is 0 Å². The molecule has 0 saturated heterocycles. The highest BCUT2D eigenvalue weighted by Gasteiger charge is 2.02. The Balaban J connectivity index is 1.72. The van der Waals surface area contributed by atoms with Gasteiger partial charge in [-0.05, 0) is 57.0 Å². The molecule has 3 nitrogen and oxygen atoms in total. The van der Waals surface area contributed by atoms with Crippen LogP contribution >= 0.6 is 11.8 Å². The van der Waals surface area contributed by atoms with Crippen LogP contribution in [0.15, 0.2) is 23.4 Å². The molecule has 2 rings (SSSR count). The summed E-state index contributed by atoms with van der Waals surface area (Å²) in [5, 5.41) is 4.47. The van der Waals surface area contributed by atoms with Gasteiger partial charge in [0.1, 0.15) is 0 Å². The van der Waals surface area contributed by atoms with Gasteiger partial charge in [0.15, 0.2) is 5.16 Å². The van der Waals surface area contributed by atoms with Crippen LogP contribution in [-0.2, 0) is 0 Å². The van der Waals surface area contributed by atoms with Gasteiger partial charge in [-0.15, -0.1) is 0 Å². The van der Waals surface area contributed by atoms with E-state index in [1.165, 1.54) is 24.8 Å².